The molecule has 6 heteroatoms. The van der Waals surface area contributed by atoms with Crippen LogP contribution in [0.1, 0.15) is 38.2 Å². The molecule has 136 valence electrons. The maximum atomic E-state index is 13.4. The fraction of sp³-hybridized carbons (Fsp3) is 0.579. The summed E-state index contributed by atoms with van der Waals surface area (Å²) >= 11 is 0. The van der Waals surface area contributed by atoms with Crippen LogP contribution in [0.2, 0.25) is 0 Å². The van der Waals surface area contributed by atoms with Gasteiger partial charge in [0.2, 0.25) is 11.8 Å². The van der Waals surface area contributed by atoms with Crippen molar-refractivity contribution in [3.63, 3.8) is 0 Å². The van der Waals surface area contributed by atoms with Gasteiger partial charge in [-0.15, -0.1) is 0 Å². The first kappa shape index (κ1) is 17.9. The van der Waals surface area contributed by atoms with Gasteiger partial charge in [0.25, 0.3) is 0 Å². The molecule has 2 fully saturated rings. The molecule has 5 nitrogen and oxygen atoms in total. The second-order valence-electron chi connectivity index (χ2n) is 7.16. The summed E-state index contributed by atoms with van der Waals surface area (Å²) in [6, 6.07) is 5.46. The Kier molecular flexibility index (Phi) is 5.37. The number of hydrogen-bond donors (Lipinski definition) is 2. The molecular weight excluding hydrogens is 323 g/mol. The van der Waals surface area contributed by atoms with Crippen molar-refractivity contribution in [1.82, 2.24) is 10.2 Å². The Hall–Kier alpha value is -1.95. The van der Waals surface area contributed by atoms with E-state index in [0.29, 0.717) is 13.0 Å². The van der Waals surface area contributed by atoms with Crippen LogP contribution < -0.4 is 5.32 Å². The average Bonchev–Trinajstić information content (AvgIpc) is 3.32. The number of likely N-dealkylation sites (tertiary alicyclic amines) is 1. The van der Waals surface area contributed by atoms with Gasteiger partial charge in [-0.3, -0.25) is 9.59 Å². The Balaban J connectivity index is 1.68. The van der Waals surface area contributed by atoms with Gasteiger partial charge in [0, 0.05) is 18.5 Å². The number of amides is 2. The van der Waals surface area contributed by atoms with Crippen molar-refractivity contribution in [2.75, 3.05) is 6.54 Å². The van der Waals surface area contributed by atoms with Crippen molar-refractivity contribution < 1.29 is 19.1 Å². The maximum absolute atomic E-state index is 13.4. The number of aliphatic hydroxyl groups is 1. The molecule has 1 heterocycles. The molecule has 0 aromatic heterocycles. The lowest BCUT2D eigenvalue weighted by atomic mass is 10.0. The highest BCUT2D eigenvalue weighted by molar-refractivity contribution is 5.90. The minimum atomic E-state index is -0.953. The van der Waals surface area contributed by atoms with Crippen molar-refractivity contribution in [3.8, 4) is 0 Å². The molecule has 1 aromatic carbocycles. The predicted octanol–water partition coefficient (Wildman–Crippen LogP) is 1.63. The lowest BCUT2D eigenvalue weighted by Crippen LogP contribution is -2.55. The zero-order valence-electron chi connectivity index (χ0n) is 14.5. The number of aliphatic hydroxyl groups excluding tert-OH is 1. The summed E-state index contributed by atoms with van der Waals surface area (Å²) in [4.78, 5) is 26.7. The minimum absolute atomic E-state index is 0.0179. The summed E-state index contributed by atoms with van der Waals surface area (Å²) in [5.74, 6) is -0.703. The summed E-state index contributed by atoms with van der Waals surface area (Å²) in [6.07, 6.45) is 3.02. The summed E-state index contributed by atoms with van der Waals surface area (Å²) in [7, 11) is 0. The molecule has 3 unspecified atom stereocenters. The van der Waals surface area contributed by atoms with Crippen LogP contribution in [0.25, 0.3) is 0 Å². The monoisotopic (exact) mass is 348 g/mol. The van der Waals surface area contributed by atoms with Crippen LogP contribution in [0.5, 0.6) is 0 Å². The van der Waals surface area contributed by atoms with E-state index in [9.17, 15) is 19.1 Å². The molecule has 2 N–H and O–H groups in total. The van der Waals surface area contributed by atoms with Crippen LogP contribution in [-0.4, -0.2) is 46.6 Å². The molecule has 3 atom stereocenters. The zero-order chi connectivity index (χ0) is 18.0. The highest BCUT2D eigenvalue weighted by Gasteiger charge is 2.38. The number of benzene rings is 1. The Bertz CT molecular complexity index is 645. The quantitative estimate of drug-likeness (QED) is 0.821. The third-order valence-corrected chi connectivity index (χ3v) is 5.01. The van der Waals surface area contributed by atoms with Crippen molar-refractivity contribution in [3.05, 3.63) is 35.6 Å². The topological polar surface area (TPSA) is 69.6 Å². The van der Waals surface area contributed by atoms with Gasteiger partial charge >= 0.3 is 0 Å². The third kappa shape index (κ3) is 4.37. The predicted molar refractivity (Wildman–Crippen MR) is 91.2 cm³/mol. The highest BCUT2D eigenvalue weighted by atomic mass is 19.1. The van der Waals surface area contributed by atoms with E-state index in [0.717, 1.165) is 31.2 Å². The zero-order valence-corrected chi connectivity index (χ0v) is 14.5. The second kappa shape index (κ2) is 7.52. The molecule has 0 spiro atoms. The van der Waals surface area contributed by atoms with Crippen LogP contribution in [0, 0.1) is 11.7 Å². The van der Waals surface area contributed by atoms with E-state index in [1.807, 2.05) is 6.07 Å². The Morgan fingerprint density at radius 3 is 2.76 bits per heavy atom. The van der Waals surface area contributed by atoms with Crippen LogP contribution in [0.4, 0.5) is 4.39 Å². The van der Waals surface area contributed by atoms with Crippen LogP contribution in [0.3, 0.4) is 0 Å². The van der Waals surface area contributed by atoms with Gasteiger partial charge in [-0.25, -0.2) is 4.39 Å². The normalized spacial score (nSPS) is 22.5. The average molecular weight is 348 g/mol. The number of carbonyl (C=O) groups excluding carboxylic acids is 2. The van der Waals surface area contributed by atoms with Crippen LogP contribution in [-0.2, 0) is 16.0 Å². The van der Waals surface area contributed by atoms with Gasteiger partial charge in [0.15, 0.2) is 0 Å². The van der Waals surface area contributed by atoms with Crippen molar-refractivity contribution in [2.24, 2.45) is 5.92 Å². The van der Waals surface area contributed by atoms with Gasteiger partial charge in [0.05, 0.1) is 6.10 Å². The van der Waals surface area contributed by atoms with Gasteiger partial charge in [0.1, 0.15) is 11.9 Å². The molecule has 2 amide bonds. The van der Waals surface area contributed by atoms with Crippen LogP contribution in [0.15, 0.2) is 24.3 Å². The number of hydrogen-bond acceptors (Lipinski definition) is 3. The van der Waals surface area contributed by atoms with Crippen molar-refractivity contribution in [2.45, 2.75) is 57.2 Å². The molecule has 1 aliphatic heterocycles. The first-order valence-corrected chi connectivity index (χ1v) is 8.99. The summed E-state index contributed by atoms with van der Waals surface area (Å²) in [5, 5.41) is 12.7. The van der Waals surface area contributed by atoms with E-state index in [2.05, 4.69) is 5.32 Å². The van der Waals surface area contributed by atoms with Gasteiger partial charge in [-0.1, -0.05) is 12.1 Å². The summed E-state index contributed by atoms with van der Waals surface area (Å²) < 4.78 is 13.4. The molecule has 3 rings (SSSR count). The van der Waals surface area contributed by atoms with E-state index in [1.165, 1.54) is 19.1 Å². The molecule has 1 saturated heterocycles. The van der Waals surface area contributed by atoms with Crippen LogP contribution >= 0.6 is 0 Å². The minimum Gasteiger partial charge on any atom is -0.391 e. The van der Waals surface area contributed by atoms with E-state index < -0.39 is 12.1 Å². The Morgan fingerprint density at radius 1 is 1.36 bits per heavy atom. The molecule has 1 aliphatic carbocycles. The summed E-state index contributed by atoms with van der Waals surface area (Å²) in [5.41, 5.74) is 0.848. The van der Waals surface area contributed by atoms with E-state index >= 15 is 0 Å². The van der Waals surface area contributed by atoms with E-state index in [-0.39, 0.29) is 29.6 Å². The molecule has 1 saturated carbocycles. The van der Waals surface area contributed by atoms with Crippen molar-refractivity contribution in [1.29, 1.82) is 0 Å². The lowest BCUT2D eigenvalue weighted by Gasteiger charge is -2.30. The van der Waals surface area contributed by atoms with Gasteiger partial charge in [-0.2, -0.15) is 0 Å². The molecule has 0 radical (unpaired) electrons. The number of carbonyl (C=O) groups is 2. The molecule has 2 aliphatic rings. The molecular formula is C19H25FN2O3. The molecule has 25 heavy (non-hydrogen) atoms. The maximum Gasteiger partial charge on any atom is 0.248 e. The van der Waals surface area contributed by atoms with Gasteiger partial charge < -0.3 is 15.3 Å². The van der Waals surface area contributed by atoms with E-state index in [1.54, 1.807) is 11.0 Å². The molecule has 1 aromatic rings. The third-order valence-electron chi connectivity index (χ3n) is 5.01. The number of nitrogens with zero attached hydrogens (tertiary/aromatic N) is 1. The van der Waals surface area contributed by atoms with Crippen molar-refractivity contribution >= 4 is 11.8 Å². The number of rotatable bonds is 6. The SMILES string of the molecule is CC(O)C(NC(=O)C1CC1)C(=O)N1CCCC1Cc1cccc(F)c1. The fourth-order valence-corrected chi connectivity index (χ4v) is 3.46. The van der Waals surface area contributed by atoms with Gasteiger partial charge in [-0.05, 0) is 56.7 Å². The smallest absolute Gasteiger partial charge is 0.248 e. The number of nitrogens with one attached hydrogen (secondary N) is 1. The fourth-order valence-electron chi connectivity index (χ4n) is 3.46. The Labute approximate surface area is 147 Å². The standard InChI is InChI=1S/C19H25FN2O3/c1-12(23)17(21-18(24)14-7-8-14)19(25)22-9-3-6-16(22)11-13-4-2-5-15(20)10-13/h2,4-5,10,12,14,16-17,23H,3,6-9,11H2,1H3,(H,21,24). The molecule has 0 bridgehead atoms. The van der Waals surface area contributed by atoms with E-state index in [4.69, 9.17) is 0 Å². The largest absolute Gasteiger partial charge is 0.391 e. The lowest BCUT2D eigenvalue weighted by molar-refractivity contribution is -0.140. The first-order chi connectivity index (χ1) is 12.0. The summed E-state index contributed by atoms with van der Waals surface area (Å²) in [6.45, 7) is 2.12. The first-order valence-electron chi connectivity index (χ1n) is 8.99. The number of halogens is 1. The highest BCUT2D eigenvalue weighted by Crippen LogP contribution is 2.29. The Morgan fingerprint density at radius 2 is 2.12 bits per heavy atom. The second-order valence-corrected chi connectivity index (χ2v) is 7.16.